The topological polar surface area (TPSA) is 59.4 Å². The molecule has 0 fully saturated rings. The number of carboxylic acid groups (broad SMARTS) is 1. The number of pyridine rings is 1. The molecule has 0 bridgehead atoms. The molecule has 0 spiro atoms. The molecule has 0 aromatic carbocycles. The Morgan fingerprint density at radius 3 is 2.20 bits per heavy atom. The molecule has 0 saturated heterocycles. The van der Waals surface area contributed by atoms with Crippen LogP contribution < -0.4 is 4.74 Å². The van der Waals surface area contributed by atoms with Gasteiger partial charge in [-0.25, -0.2) is 9.37 Å². The molecule has 1 aromatic heterocycles. The third-order valence-corrected chi connectivity index (χ3v) is 1.90. The van der Waals surface area contributed by atoms with Gasteiger partial charge in [0, 0.05) is 5.56 Å². The molecule has 1 aromatic rings. The van der Waals surface area contributed by atoms with Gasteiger partial charge in [0.25, 0.3) is 0 Å². The SMILES string of the molecule is O=C(O)Cc1c(F)cnc(C(F)(F)F)c1OC(F)(F)F. The van der Waals surface area contributed by atoms with Crippen molar-refractivity contribution < 1.29 is 45.4 Å². The molecule has 0 atom stereocenters. The average molecular weight is 307 g/mol. The predicted molar refractivity (Wildman–Crippen MR) is 47.2 cm³/mol. The maximum absolute atomic E-state index is 13.2. The second-order valence-electron chi connectivity index (χ2n) is 3.38. The summed E-state index contributed by atoms with van der Waals surface area (Å²) in [7, 11) is 0. The van der Waals surface area contributed by atoms with Gasteiger partial charge in [-0.3, -0.25) is 4.79 Å². The standard InChI is InChI=1S/C9H4F7NO3/c10-4-2-17-7(8(11,12)13)6(20-9(14,15)16)3(4)1-5(18)19/h2H,1H2,(H,18,19). The smallest absolute Gasteiger partial charge is 0.481 e. The van der Waals surface area contributed by atoms with E-state index in [-0.39, 0.29) is 6.20 Å². The number of alkyl halides is 6. The van der Waals surface area contributed by atoms with Crippen LogP contribution in [0.15, 0.2) is 6.20 Å². The van der Waals surface area contributed by atoms with Gasteiger partial charge in [-0.2, -0.15) is 13.2 Å². The van der Waals surface area contributed by atoms with E-state index in [0.29, 0.717) is 0 Å². The highest BCUT2D eigenvalue weighted by molar-refractivity contribution is 5.71. The third-order valence-electron chi connectivity index (χ3n) is 1.90. The molecule has 112 valence electrons. The fourth-order valence-electron chi connectivity index (χ4n) is 1.25. The highest BCUT2D eigenvalue weighted by Gasteiger charge is 2.43. The normalized spacial score (nSPS) is 12.3. The fourth-order valence-corrected chi connectivity index (χ4v) is 1.25. The molecule has 0 aliphatic rings. The van der Waals surface area contributed by atoms with Crippen LogP contribution >= 0.6 is 0 Å². The summed E-state index contributed by atoms with van der Waals surface area (Å²) in [5.74, 6) is -5.50. The Labute approximate surface area is 105 Å². The highest BCUT2D eigenvalue weighted by atomic mass is 19.4. The molecular weight excluding hydrogens is 303 g/mol. The van der Waals surface area contributed by atoms with Crippen molar-refractivity contribution in [3.8, 4) is 5.75 Å². The molecule has 20 heavy (non-hydrogen) atoms. The van der Waals surface area contributed by atoms with Crippen LogP contribution in [0.4, 0.5) is 30.7 Å². The van der Waals surface area contributed by atoms with Crippen molar-refractivity contribution in [2.75, 3.05) is 0 Å². The molecular formula is C9H4F7NO3. The van der Waals surface area contributed by atoms with Crippen molar-refractivity contribution in [1.82, 2.24) is 4.98 Å². The number of carbonyl (C=O) groups is 1. The first-order valence-electron chi connectivity index (χ1n) is 4.64. The van der Waals surface area contributed by atoms with E-state index in [4.69, 9.17) is 5.11 Å². The molecule has 11 heteroatoms. The Bertz CT molecular complexity index is 523. The number of aromatic nitrogens is 1. The van der Waals surface area contributed by atoms with Gasteiger partial charge < -0.3 is 9.84 Å². The summed E-state index contributed by atoms with van der Waals surface area (Å²) in [6.45, 7) is 0. The zero-order valence-electron chi connectivity index (χ0n) is 9.14. The van der Waals surface area contributed by atoms with Crippen molar-refractivity contribution in [1.29, 1.82) is 0 Å². The Morgan fingerprint density at radius 1 is 1.25 bits per heavy atom. The summed E-state index contributed by atoms with van der Waals surface area (Å²) in [6, 6.07) is 0. The van der Waals surface area contributed by atoms with Crippen LogP contribution in [0.3, 0.4) is 0 Å². The minimum Gasteiger partial charge on any atom is -0.481 e. The van der Waals surface area contributed by atoms with Gasteiger partial charge in [0.15, 0.2) is 11.4 Å². The van der Waals surface area contributed by atoms with Crippen LogP contribution in [-0.4, -0.2) is 22.4 Å². The van der Waals surface area contributed by atoms with E-state index < -0.39 is 47.8 Å². The van der Waals surface area contributed by atoms with E-state index in [1.807, 2.05) is 0 Å². The van der Waals surface area contributed by atoms with E-state index in [9.17, 15) is 35.5 Å². The van der Waals surface area contributed by atoms with Crippen LogP contribution in [0.5, 0.6) is 5.75 Å². The lowest BCUT2D eigenvalue weighted by Gasteiger charge is -2.17. The quantitative estimate of drug-likeness (QED) is 0.872. The second-order valence-corrected chi connectivity index (χ2v) is 3.38. The Morgan fingerprint density at radius 2 is 1.80 bits per heavy atom. The molecule has 0 aliphatic heterocycles. The van der Waals surface area contributed by atoms with Crippen LogP contribution in [0.1, 0.15) is 11.3 Å². The second kappa shape index (κ2) is 5.13. The van der Waals surface area contributed by atoms with E-state index >= 15 is 0 Å². The van der Waals surface area contributed by atoms with Crippen LogP contribution in [0.25, 0.3) is 0 Å². The molecule has 4 nitrogen and oxygen atoms in total. The van der Waals surface area contributed by atoms with Crippen LogP contribution in [0, 0.1) is 5.82 Å². The number of nitrogens with zero attached hydrogens (tertiary/aromatic N) is 1. The van der Waals surface area contributed by atoms with Crippen LogP contribution in [0.2, 0.25) is 0 Å². The van der Waals surface area contributed by atoms with E-state index in [2.05, 4.69) is 9.72 Å². The number of carboxylic acids is 1. The largest absolute Gasteiger partial charge is 0.573 e. The maximum Gasteiger partial charge on any atom is 0.573 e. The lowest BCUT2D eigenvalue weighted by Crippen LogP contribution is -2.23. The first kappa shape index (κ1) is 16.0. The summed E-state index contributed by atoms with van der Waals surface area (Å²) in [5.41, 5.74) is -3.55. The van der Waals surface area contributed by atoms with Crippen molar-refractivity contribution in [3.63, 3.8) is 0 Å². The number of hydrogen-bond donors (Lipinski definition) is 1. The summed E-state index contributed by atoms with van der Waals surface area (Å²) in [4.78, 5) is 12.9. The van der Waals surface area contributed by atoms with Crippen molar-refractivity contribution >= 4 is 5.97 Å². The Balaban J connectivity index is 3.51. The zero-order chi connectivity index (χ0) is 15.7. The van der Waals surface area contributed by atoms with E-state index in [1.54, 1.807) is 0 Å². The van der Waals surface area contributed by atoms with Crippen molar-refractivity contribution in [3.05, 3.63) is 23.3 Å². The first-order chi connectivity index (χ1) is 8.92. The molecule has 1 heterocycles. The average Bonchev–Trinajstić information content (AvgIpc) is 2.19. The summed E-state index contributed by atoms with van der Waals surface area (Å²) >= 11 is 0. The highest BCUT2D eigenvalue weighted by Crippen LogP contribution is 2.40. The maximum atomic E-state index is 13.2. The van der Waals surface area contributed by atoms with Gasteiger partial charge in [0.2, 0.25) is 0 Å². The molecule has 0 unspecified atom stereocenters. The molecule has 0 saturated carbocycles. The molecule has 0 radical (unpaired) electrons. The van der Waals surface area contributed by atoms with Gasteiger partial charge >= 0.3 is 18.5 Å². The Kier molecular flexibility index (Phi) is 4.10. The third kappa shape index (κ3) is 3.96. The molecule has 1 N–H and O–H groups in total. The number of hydrogen-bond acceptors (Lipinski definition) is 3. The van der Waals surface area contributed by atoms with Gasteiger partial charge in [0.1, 0.15) is 5.82 Å². The van der Waals surface area contributed by atoms with E-state index in [0.717, 1.165) is 0 Å². The molecule has 0 amide bonds. The van der Waals surface area contributed by atoms with Gasteiger partial charge in [0.05, 0.1) is 12.6 Å². The monoisotopic (exact) mass is 307 g/mol. The summed E-state index contributed by atoms with van der Waals surface area (Å²) in [6.07, 6.45) is -12.4. The lowest BCUT2D eigenvalue weighted by atomic mass is 10.1. The van der Waals surface area contributed by atoms with E-state index in [1.165, 1.54) is 0 Å². The van der Waals surface area contributed by atoms with Crippen LogP contribution in [-0.2, 0) is 17.4 Å². The fraction of sp³-hybridized carbons (Fsp3) is 0.333. The number of aliphatic carboxylic acids is 1. The zero-order valence-corrected chi connectivity index (χ0v) is 9.14. The van der Waals surface area contributed by atoms with Crippen molar-refractivity contribution in [2.45, 2.75) is 19.0 Å². The van der Waals surface area contributed by atoms with Gasteiger partial charge in [-0.05, 0) is 0 Å². The first-order valence-corrected chi connectivity index (χ1v) is 4.64. The van der Waals surface area contributed by atoms with Gasteiger partial charge in [-0.15, -0.1) is 13.2 Å². The summed E-state index contributed by atoms with van der Waals surface area (Å²) < 4.78 is 90.0. The minimum absolute atomic E-state index is 0.0235. The van der Waals surface area contributed by atoms with Crippen molar-refractivity contribution in [2.24, 2.45) is 0 Å². The molecule has 0 aliphatic carbocycles. The minimum atomic E-state index is -5.57. The number of rotatable bonds is 3. The number of ether oxygens (including phenoxy) is 1. The summed E-state index contributed by atoms with van der Waals surface area (Å²) in [5, 5.41) is 8.40. The lowest BCUT2D eigenvalue weighted by molar-refractivity contribution is -0.277. The number of halogens is 7. The molecule has 1 rings (SSSR count). The predicted octanol–water partition coefficient (Wildman–Crippen LogP) is 2.77. The van der Waals surface area contributed by atoms with Gasteiger partial charge in [-0.1, -0.05) is 0 Å². The Hall–Kier alpha value is -2.07.